The van der Waals surface area contributed by atoms with Crippen LogP contribution in [0.5, 0.6) is 0 Å². The van der Waals surface area contributed by atoms with E-state index in [1.165, 1.54) is 0 Å². The maximum absolute atomic E-state index is 9.59. The summed E-state index contributed by atoms with van der Waals surface area (Å²) in [7, 11) is 0. The van der Waals surface area contributed by atoms with E-state index in [0.29, 0.717) is 13.3 Å². The molecule has 17 heavy (non-hydrogen) atoms. The first-order valence-electron chi connectivity index (χ1n) is 6.26. The van der Waals surface area contributed by atoms with Gasteiger partial charge in [-0.3, -0.25) is 10.2 Å². The maximum atomic E-state index is 9.59. The van der Waals surface area contributed by atoms with Crippen LogP contribution in [0.25, 0.3) is 0 Å². The summed E-state index contributed by atoms with van der Waals surface area (Å²) in [6.07, 6.45) is -0.439. The normalized spacial score (nSPS) is 25.1. The van der Waals surface area contributed by atoms with Gasteiger partial charge >= 0.3 is 0 Å². The first-order valence-corrected chi connectivity index (χ1v) is 6.26. The largest absolute Gasteiger partial charge is 0.379 e. The van der Waals surface area contributed by atoms with Gasteiger partial charge in [-0.25, -0.2) is 0 Å². The summed E-state index contributed by atoms with van der Waals surface area (Å²) in [5.74, 6) is 0. The Bertz CT molecular complexity index is 166. The van der Waals surface area contributed by atoms with Gasteiger partial charge in [-0.1, -0.05) is 0 Å². The number of nitrogens with one attached hydrogen (secondary N) is 5. The highest BCUT2D eigenvalue weighted by Crippen LogP contribution is 1.90. The van der Waals surface area contributed by atoms with E-state index in [0.717, 1.165) is 39.5 Å². The van der Waals surface area contributed by atoms with Crippen LogP contribution in [0, 0.1) is 0 Å². The number of hydrogen-bond donors (Lipinski definition) is 6. The summed E-state index contributed by atoms with van der Waals surface area (Å²) in [5, 5.41) is 26.0. The highest BCUT2D eigenvalue weighted by atomic mass is 16.3. The van der Waals surface area contributed by atoms with Gasteiger partial charge < -0.3 is 26.4 Å². The van der Waals surface area contributed by atoms with Crippen LogP contribution in [-0.4, -0.2) is 69.1 Å². The van der Waals surface area contributed by atoms with Crippen molar-refractivity contribution in [3.8, 4) is 0 Å². The van der Waals surface area contributed by atoms with Crippen LogP contribution in [-0.2, 0) is 0 Å². The summed E-state index contributed by atoms with van der Waals surface area (Å²) >= 11 is 0. The molecule has 0 radical (unpaired) electrons. The minimum atomic E-state index is -0.439. The van der Waals surface area contributed by atoms with Crippen LogP contribution in [0.1, 0.15) is 6.92 Å². The fraction of sp³-hybridized carbons (Fsp3) is 1.00. The molecular weight excluding hydrogens is 220 g/mol. The van der Waals surface area contributed by atoms with Gasteiger partial charge in [-0.2, -0.15) is 0 Å². The van der Waals surface area contributed by atoms with Gasteiger partial charge in [0.25, 0.3) is 0 Å². The van der Waals surface area contributed by atoms with Crippen molar-refractivity contribution in [1.82, 2.24) is 31.5 Å². The molecule has 6 N–H and O–H groups in total. The summed E-state index contributed by atoms with van der Waals surface area (Å²) in [5.41, 5.74) is 0. The number of aliphatic hydroxyl groups excluding tert-OH is 1. The van der Waals surface area contributed by atoms with Crippen molar-refractivity contribution in [1.29, 1.82) is 0 Å². The molecule has 1 heterocycles. The third-order valence-electron chi connectivity index (χ3n) is 2.62. The van der Waals surface area contributed by atoms with Crippen LogP contribution in [0.3, 0.4) is 0 Å². The van der Waals surface area contributed by atoms with Gasteiger partial charge in [0.05, 0.1) is 13.3 Å². The summed E-state index contributed by atoms with van der Waals surface area (Å²) < 4.78 is 0. The SMILES string of the molecule is CC(O)N1CNCCNCNCNCCNC1. The highest BCUT2D eigenvalue weighted by molar-refractivity contribution is 4.60. The lowest BCUT2D eigenvalue weighted by Crippen LogP contribution is -2.48. The van der Waals surface area contributed by atoms with Gasteiger partial charge in [0.15, 0.2) is 0 Å². The molecule has 1 atom stereocenters. The Morgan fingerprint density at radius 2 is 1.29 bits per heavy atom. The van der Waals surface area contributed by atoms with E-state index in [9.17, 15) is 5.11 Å². The topological polar surface area (TPSA) is 83.6 Å². The first kappa shape index (κ1) is 14.8. The molecule has 1 fully saturated rings. The fourth-order valence-corrected chi connectivity index (χ4v) is 1.54. The highest BCUT2D eigenvalue weighted by Gasteiger charge is 2.09. The van der Waals surface area contributed by atoms with Crippen LogP contribution < -0.4 is 26.6 Å². The van der Waals surface area contributed by atoms with Crippen molar-refractivity contribution < 1.29 is 5.11 Å². The molecule has 7 nitrogen and oxygen atoms in total. The quantitative estimate of drug-likeness (QED) is 0.303. The van der Waals surface area contributed by atoms with E-state index in [4.69, 9.17) is 0 Å². The molecule has 1 aliphatic rings. The molecule has 1 saturated heterocycles. The first-order chi connectivity index (χ1) is 8.30. The molecule has 0 bridgehead atoms. The average Bonchev–Trinajstić information content (AvgIpc) is 2.31. The van der Waals surface area contributed by atoms with Crippen LogP contribution in [0.15, 0.2) is 0 Å². The number of hydrogen-bond acceptors (Lipinski definition) is 7. The van der Waals surface area contributed by atoms with Gasteiger partial charge in [0.1, 0.15) is 6.23 Å². The van der Waals surface area contributed by atoms with Crippen molar-refractivity contribution in [2.45, 2.75) is 13.2 Å². The summed E-state index contributed by atoms with van der Waals surface area (Å²) in [6.45, 7) is 8.37. The number of aliphatic hydroxyl groups is 1. The van der Waals surface area contributed by atoms with Crippen molar-refractivity contribution in [3.05, 3.63) is 0 Å². The molecule has 0 spiro atoms. The van der Waals surface area contributed by atoms with Gasteiger partial charge in [0.2, 0.25) is 0 Å². The molecule has 0 aromatic carbocycles. The number of rotatable bonds is 1. The van der Waals surface area contributed by atoms with E-state index in [1.807, 2.05) is 4.90 Å². The zero-order valence-electron chi connectivity index (χ0n) is 10.6. The van der Waals surface area contributed by atoms with Crippen LogP contribution in [0.2, 0.25) is 0 Å². The molecule has 7 heteroatoms. The Labute approximate surface area is 103 Å². The predicted octanol–water partition coefficient (Wildman–Crippen LogP) is -2.58. The molecule has 102 valence electrons. The van der Waals surface area contributed by atoms with Gasteiger partial charge in [-0.15, -0.1) is 0 Å². The molecule has 0 aromatic rings. The van der Waals surface area contributed by atoms with E-state index < -0.39 is 6.23 Å². The predicted molar refractivity (Wildman–Crippen MR) is 68.1 cm³/mol. The second-order valence-corrected chi connectivity index (χ2v) is 4.14. The molecule has 0 aromatic heterocycles. The van der Waals surface area contributed by atoms with Crippen molar-refractivity contribution in [2.75, 3.05) is 52.9 Å². The minimum Gasteiger partial charge on any atom is -0.379 e. The Kier molecular flexibility index (Phi) is 8.45. The van der Waals surface area contributed by atoms with Gasteiger partial charge in [-0.05, 0) is 6.92 Å². The van der Waals surface area contributed by atoms with E-state index >= 15 is 0 Å². The second kappa shape index (κ2) is 9.72. The van der Waals surface area contributed by atoms with Crippen LogP contribution in [0.4, 0.5) is 0 Å². The molecular formula is C10H26N6O. The Hall–Kier alpha value is -0.280. The van der Waals surface area contributed by atoms with E-state index in [2.05, 4.69) is 26.6 Å². The third kappa shape index (κ3) is 7.61. The Morgan fingerprint density at radius 1 is 0.824 bits per heavy atom. The van der Waals surface area contributed by atoms with Crippen molar-refractivity contribution >= 4 is 0 Å². The zero-order valence-corrected chi connectivity index (χ0v) is 10.6. The Balaban J connectivity index is 2.24. The maximum Gasteiger partial charge on any atom is 0.106 e. The average molecular weight is 246 g/mol. The number of nitrogens with zero attached hydrogens (tertiary/aromatic N) is 1. The summed E-state index contributed by atoms with van der Waals surface area (Å²) in [4.78, 5) is 1.95. The van der Waals surface area contributed by atoms with Crippen molar-refractivity contribution in [3.63, 3.8) is 0 Å². The fourth-order valence-electron chi connectivity index (χ4n) is 1.54. The smallest absolute Gasteiger partial charge is 0.106 e. The van der Waals surface area contributed by atoms with E-state index in [-0.39, 0.29) is 0 Å². The zero-order chi connectivity index (χ0) is 12.3. The third-order valence-corrected chi connectivity index (χ3v) is 2.62. The lowest BCUT2D eigenvalue weighted by atomic mass is 10.5. The molecule has 1 unspecified atom stereocenters. The lowest BCUT2D eigenvalue weighted by molar-refractivity contribution is 0.00788. The molecule has 1 aliphatic heterocycles. The van der Waals surface area contributed by atoms with Crippen molar-refractivity contribution in [2.24, 2.45) is 0 Å². The van der Waals surface area contributed by atoms with Crippen LogP contribution >= 0.6 is 0 Å². The van der Waals surface area contributed by atoms with E-state index in [1.54, 1.807) is 6.92 Å². The van der Waals surface area contributed by atoms with Gasteiger partial charge in [0, 0.05) is 39.5 Å². The molecule has 0 saturated carbocycles. The Morgan fingerprint density at radius 3 is 1.76 bits per heavy atom. The standard InChI is InChI=1S/C10H26N6O/c1-10(17)16-8-13-4-2-11-6-15-7-12-3-5-14-9-16/h10-15,17H,2-9H2,1H3. The molecule has 0 amide bonds. The molecule has 1 rings (SSSR count). The monoisotopic (exact) mass is 246 g/mol. The molecule has 0 aliphatic carbocycles. The lowest BCUT2D eigenvalue weighted by Gasteiger charge is -2.26. The minimum absolute atomic E-state index is 0.439. The summed E-state index contributed by atoms with van der Waals surface area (Å²) in [6, 6.07) is 0. The second-order valence-electron chi connectivity index (χ2n) is 4.14.